The first-order valence-electron chi connectivity index (χ1n) is 10.9. The molecule has 2 aliphatic carbocycles. The van der Waals surface area contributed by atoms with Crippen LogP contribution in [-0.4, -0.2) is 47.5 Å². The van der Waals surface area contributed by atoms with Crippen molar-refractivity contribution in [3.63, 3.8) is 0 Å². The highest BCUT2D eigenvalue weighted by molar-refractivity contribution is 6.54. The van der Waals surface area contributed by atoms with Crippen molar-refractivity contribution in [3.05, 3.63) is 67.7 Å². The third-order valence-electron chi connectivity index (χ3n) is 7.56. The van der Waals surface area contributed by atoms with Crippen LogP contribution in [0.4, 0.5) is 0 Å². The van der Waals surface area contributed by atoms with E-state index in [1.165, 1.54) is 26.2 Å². The number of fused-ring (bicyclic) bond motifs is 2. The second-order valence-corrected chi connectivity index (χ2v) is 10.9. The van der Waals surface area contributed by atoms with Crippen molar-refractivity contribution in [2.75, 3.05) is 14.1 Å². The van der Waals surface area contributed by atoms with Crippen LogP contribution in [0.2, 0.25) is 10.0 Å². The van der Waals surface area contributed by atoms with Gasteiger partial charge in [-0.25, -0.2) is 0 Å². The van der Waals surface area contributed by atoms with E-state index in [-0.39, 0.29) is 20.6 Å². The van der Waals surface area contributed by atoms with Crippen molar-refractivity contribution >= 4 is 102 Å². The summed E-state index contributed by atoms with van der Waals surface area (Å²) in [5.74, 6) is -2.63. The number of alkyl halides is 1. The zero-order chi connectivity index (χ0) is 25.5. The van der Waals surface area contributed by atoms with Gasteiger partial charge in [0.15, 0.2) is 0 Å². The van der Waals surface area contributed by atoms with Gasteiger partial charge in [0.1, 0.15) is 0 Å². The Balaban J connectivity index is 1.79. The molecule has 0 saturated heterocycles. The van der Waals surface area contributed by atoms with Crippen LogP contribution in [0.1, 0.15) is 54.3 Å². The molecule has 6 nitrogen and oxygen atoms in total. The minimum atomic E-state index is -0.808. The summed E-state index contributed by atoms with van der Waals surface area (Å²) in [6.07, 6.45) is 3.20. The number of likely N-dealkylation sites (N-methyl/N-ethyl adjacent to an activating group) is 2. The zero-order valence-corrected chi connectivity index (χ0v) is 21.5. The average Bonchev–Trinajstić information content (AvgIpc) is 2.84. The lowest BCUT2D eigenvalue weighted by Crippen LogP contribution is -2.42. The van der Waals surface area contributed by atoms with Crippen molar-refractivity contribution in [1.29, 1.82) is 0 Å². The van der Waals surface area contributed by atoms with Gasteiger partial charge in [0, 0.05) is 62.2 Å². The van der Waals surface area contributed by atoms with Gasteiger partial charge in [0.2, 0.25) is 5.91 Å². The second kappa shape index (κ2) is 6.90. The predicted molar refractivity (Wildman–Crippen MR) is 139 cm³/mol. The van der Waals surface area contributed by atoms with E-state index in [0.29, 0.717) is 54.9 Å². The topological polar surface area (TPSA) is 74.8 Å². The summed E-state index contributed by atoms with van der Waals surface area (Å²) in [6, 6.07) is 3.06. The zero-order valence-electron chi connectivity index (χ0n) is 18.5. The van der Waals surface area contributed by atoms with Crippen molar-refractivity contribution in [1.82, 2.24) is 9.80 Å². The molecule has 3 aromatic rings. The molecule has 2 atom stereocenters. The molecular weight excluding hydrogens is 546 g/mol. The molecule has 178 valence electrons. The van der Waals surface area contributed by atoms with Crippen molar-refractivity contribution in [2.45, 2.75) is 11.3 Å². The highest BCUT2D eigenvalue weighted by Crippen LogP contribution is 2.57. The minimum Gasteiger partial charge on any atom is -0.281 e. The molecule has 2 aliphatic heterocycles. The Morgan fingerprint density at radius 1 is 0.694 bits per heavy atom. The Morgan fingerprint density at radius 2 is 1.28 bits per heavy atom. The van der Waals surface area contributed by atoms with Gasteiger partial charge in [-0.2, -0.15) is 0 Å². The van der Waals surface area contributed by atoms with E-state index < -0.39 is 34.9 Å². The number of amides is 4. The summed E-state index contributed by atoms with van der Waals surface area (Å²) < 4.78 is 0. The van der Waals surface area contributed by atoms with E-state index in [0.717, 1.165) is 9.80 Å². The lowest BCUT2D eigenvalue weighted by atomic mass is 9.73. The summed E-state index contributed by atoms with van der Waals surface area (Å²) in [6.45, 7) is 0. The number of rotatable bonds is 0. The van der Waals surface area contributed by atoms with Crippen molar-refractivity contribution in [3.8, 4) is 0 Å². The van der Waals surface area contributed by atoms with Gasteiger partial charge in [-0.1, -0.05) is 34.8 Å². The first-order chi connectivity index (χ1) is 17.0. The molecule has 3 aromatic carbocycles. The summed E-state index contributed by atoms with van der Waals surface area (Å²) in [4.78, 5) is 54.5. The largest absolute Gasteiger partial charge is 0.281 e. The lowest BCUT2D eigenvalue weighted by molar-refractivity contribution is -0.128. The molecule has 2 heterocycles. The number of carbonyl (C=O) groups excluding carboxylic acids is 4. The summed E-state index contributed by atoms with van der Waals surface area (Å²) in [7, 11) is 2.83. The molecule has 4 amide bonds. The maximum atomic E-state index is 13.1. The molecule has 0 aromatic heterocycles. The maximum Gasteiger partial charge on any atom is 0.261 e. The average molecular weight is 558 g/mol. The molecule has 0 unspecified atom stereocenters. The number of hydrogen-bond donors (Lipinski definition) is 0. The number of hydrogen-bond acceptors (Lipinski definition) is 4. The Bertz CT molecular complexity index is 1800. The van der Waals surface area contributed by atoms with Crippen LogP contribution >= 0.6 is 46.4 Å². The van der Waals surface area contributed by atoms with Crippen LogP contribution in [0, 0.1) is 0 Å². The van der Waals surface area contributed by atoms with Crippen LogP contribution < -0.4 is 0 Å². The molecule has 0 bridgehead atoms. The molecule has 4 aliphatic rings. The highest BCUT2D eigenvalue weighted by atomic mass is 35.5. The smallest absolute Gasteiger partial charge is 0.261 e. The van der Waals surface area contributed by atoms with E-state index in [4.69, 9.17) is 46.4 Å². The predicted octanol–water partition coefficient (Wildman–Crippen LogP) is 5.88. The Labute approximate surface area is 223 Å². The molecule has 0 fully saturated rings. The molecule has 0 N–H and O–H groups in total. The van der Waals surface area contributed by atoms with Gasteiger partial charge >= 0.3 is 0 Å². The molecule has 7 rings (SSSR count). The first-order valence-corrected chi connectivity index (χ1v) is 12.5. The van der Waals surface area contributed by atoms with Gasteiger partial charge < -0.3 is 0 Å². The molecule has 0 radical (unpaired) electrons. The van der Waals surface area contributed by atoms with E-state index in [2.05, 4.69) is 0 Å². The Hall–Kier alpha value is -2.90. The number of nitrogens with zero attached hydrogens (tertiary/aromatic N) is 2. The molecule has 0 spiro atoms. The number of halogens is 4. The SMILES string of the molecule is CN1C(=O)C2=C[C@@H](Cl)c3c4c5c6c(cc(Cl)c5c5c(Cl)cc(c2c35)C1=O)C(=O)N(C)C(=O)[C@H]6C=C4Cl. The summed E-state index contributed by atoms with van der Waals surface area (Å²) in [5, 5.41) is 1.94. The molecule has 10 heteroatoms. The molecular formula is C26H12Cl4N2O4. The summed E-state index contributed by atoms with van der Waals surface area (Å²) >= 11 is 27.4. The highest BCUT2D eigenvalue weighted by Gasteiger charge is 2.44. The fourth-order valence-corrected chi connectivity index (χ4v) is 7.27. The van der Waals surface area contributed by atoms with E-state index in [9.17, 15) is 19.2 Å². The number of imide groups is 2. The minimum absolute atomic E-state index is 0.229. The molecule has 36 heavy (non-hydrogen) atoms. The number of allylic oxidation sites excluding steroid dienone is 1. The van der Waals surface area contributed by atoms with Gasteiger partial charge in [0.25, 0.3) is 17.7 Å². The van der Waals surface area contributed by atoms with Crippen LogP contribution in [0.3, 0.4) is 0 Å². The number of benzene rings is 3. The fraction of sp³-hybridized carbons (Fsp3) is 0.154. The second-order valence-electron chi connectivity index (χ2n) is 9.24. The van der Waals surface area contributed by atoms with Crippen LogP contribution in [0.5, 0.6) is 0 Å². The van der Waals surface area contributed by atoms with Crippen molar-refractivity contribution < 1.29 is 19.2 Å². The molecule has 0 saturated carbocycles. The maximum absolute atomic E-state index is 13.1. The third kappa shape index (κ3) is 2.37. The van der Waals surface area contributed by atoms with E-state index >= 15 is 0 Å². The van der Waals surface area contributed by atoms with Crippen LogP contribution in [0.25, 0.3) is 32.2 Å². The van der Waals surface area contributed by atoms with Gasteiger partial charge in [-0.15, -0.1) is 11.6 Å². The van der Waals surface area contributed by atoms with Crippen LogP contribution in [0.15, 0.2) is 24.3 Å². The lowest BCUT2D eigenvalue weighted by Gasteiger charge is -2.37. The van der Waals surface area contributed by atoms with E-state index in [1.807, 2.05) is 0 Å². The quantitative estimate of drug-likeness (QED) is 0.196. The van der Waals surface area contributed by atoms with Crippen molar-refractivity contribution in [2.24, 2.45) is 0 Å². The first kappa shape index (κ1) is 22.3. The number of carbonyl (C=O) groups is 4. The van der Waals surface area contributed by atoms with Gasteiger partial charge in [0.05, 0.1) is 16.9 Å². The van der Waals surface area contributed by atoms with E-state index in [1.54, 1.807) is 12.2 Å². The van der Waals surface area contributed by atoms with Gasteiger partial charge in [-0.05, 0) is 46.2 Å². The van der Waals surface area contributed by atoms with Gasteiger partial charge in [-0.3, -0.25) is 29.0 Å². The summed E-state index contributed by atoms with van der Waals surface area (Å²) in [5.41, 5.74) is 2.86. The fourth-order valence-electron chi connectivity index (χ4n) is 6.01. The normalized spacial score (nSPS) is 22.1. The van der Waals surface area contributed by atoms with Crippen LogP contribution in [-0.2, 0) is 9.59 Å². The Morgan fingerprint density at radius 3 is 1.94 bits per heavy atom. The monoisotopic (exact) mass is 556 g/mol. The third-order valence-corrected chi connectivity index (χ3v) is 8.82. The Kier molecular flexibility index (Phi) is 4.27. The standard InChI is InChI=1S/C26H12Cl4N2O4/c1-31-23(33)7-3-11(27)17-19-13(29)5-9-16-10(26(36)32(2)25(9)35)6-14(30)20(22(16)19)18-12(28)4-8(24(31)34)15(7)21(17)18/h3-7,13H,1-2H3/t7-,13+/m0/s1.